The Bertz CT molecular complexity index is 856. The molecule has 2 aromatic heterocycles. The standard InChI is InChI=1S/C16H25N7O3S/c1-21(2)16(15-18-19-20-23(15)10-11-26-3)7-5-9-22(13-16)27(24,25)14-6-4-8-17-12-14/h4,6,8,12H,5,7,9-11,13H2,1-3H3. The molecule has 27 heavy (non-hydrogen) atoms. The molecule has 0 spiro atoms. The summed E-state index contributed by atoms with van der Waals surface area (Å²) < 4.78 is 34.6. The lowest BCUT2D eigenvalue weighted by Gasteiger charge is -2.45. The Morgan fingerprint density at radius 3 is 2.85 bits per heavy atom. The summed E-state index contributed by atoms with van der Waals surface area (Å²) in [7, 11) is 1.83. The number of hydrogen-bond acceptors (Lipinski definition) is 8. The molecular weight excluding hydrogens is 370 g/mol. The van der Waals surface area contributed by atoms with Crippen molar-refractivity contribution < 1.29 is 13.2 Å². The van der Waals surface area contributed by atoms with Crippen LogP contribution in [0, 0.1) is 0 Å². The molecule has 1 saturated heterocycles. The molecule has 10 nitrogen and oxygen atoms in total. The predicted molar refractivity (Wildman–Crippen MR) is 97.3 cm³/mol. The lowest BCUT2D eigenvalue weighted by Crippen LogP contribution is -2.56. The van der Waals surface area contributed by atoms with Gasteiger partial charge in [0.25, 0.3) is 0 Å². The van der Waals surface area contributed by atoms with Crippen molar-refractivity contribution in [3.05, 3.63) is 30.4 Å². The van der Waals surface area contributed by atoms with Crippen molar-refractivity contribution >= 4 is 10.0 Å². The fourth-order valence-electron chi connectivity index (χ4n) is 3.47. The molecule has 11 heteroatoms. The lowest BCUT2D eigenvalue weighted by molar-refractivity contribution is 0.0620. The highest BCUT2D eigenvalue weighted by Crippen LogP contribution is 2.36. The third-order valence-corrected chi connectivity index (χ3v) is 6.85. The summed E-state index contributed by atoms with van der Waals surface area (Å²) in [5.41, 5.74) is -0.620. The van der Waals surface area contributed by atoms with Crippen LogP contribution >= 0.6 is 0 Å². The average Bonchev–Trinajstić information content (AvgIpc) is 3.16. The number of methoxy groups -OCH3 is 1. The lowest BCUT2D eigenvalue weighted by atomic mass is 9.88. The third kappa shape index (κ3) is 3.72. The molecule has 0 N–H and O–H groups in total. The highest BCUT2D eigenvalue weighted by atomic mass is 32.2. The van der Waals surface area contributed by atoms with Gasteiger partial charge in [-0.15, -0.1) is 5.10 Å². The fraction of sp³-hybridized carbons (Fsp3) is 0.625. The van der Waals surface area contributed by atoms with E-state index in [1.807, 2.05) is 19.0 Å². The second-order valence-corrected chi connectivity index (χ2v) is 8.71. The molecule has 1 aliphatic heterocycles. The van der Waals surface area contributed by atoms with Crippen LogP contribution in [0.4, 0.5) is 0 Å². The van der Waals surface area contributed by atoms with Gasteiger partial charge in [0.2, 0.25) is 10.0 Å². The van der Waals surface area contributed by atoms with Crippen molar-refractivity contribution in [1.82, 2.24) is 34.4 Å². The number of likely N-dealkylation sites (N-methyl/N-ethyl adjacent to an activating group) is 1. The van der Waals surface area contributed by atoms with Gasteiger partial charge in [-0.3, -0.25) is 9.88 Å². The van der Waals surface area contributed by atoms with Gasteiger partial charge in [-0.25, -0.2) is 13.1 Å². The molecule has 3 rings (SSSR count). The SMILES string of the molecule is COCCn1nnnc1C1(N(C)C)CCCN(S(=O)(=O)c2cccnc2)C1. The second-order valence-electron chi connectivity index (χ2n) is 6.78. The Labute approximate surface area is 159 Å². The molecule has 0 bridgehead atoms. The highest BCUT2D eigenvalue weighted by molar-refractivity contribution is 7.89. The monoisotopic (exact) mass is 395 g/mol. The summed E-state index contributed by atoms with van der Waals surface area (Å²) >= 11 is 0. The maximum Gasteiger partial charge on any atom is 0.244 e. The van der Waals surface area contributed by atoms with Crippen molar-refractivity contribution in [2.24, 2.45) is 0 Å². The summed E-state index contributed by atoms with van der Waals surface area (Å²) in [5, 5.41) is 12.1. The van der Waals surface area contributed by atoms with Crippen molar-refractivity contribution in [3.63, 3.8) is 0 Å². The van der Waals surface area contributed by atoms with E-state index < -0.39 is 15.6 Å². The van der Waals surface area contributed by atoms with E-state index in [0.717, 1.165) is 6.42 Å². The molecule has 1 atom stereocenters. The van der Waals surface area contributed by atoms with E-state index in [4.69, 9.17) is 4.74 Å². The predicted octanol–water partition coefficient (Wildman–Crippen LogP) is -0.0439. The number of tetrazole rings is 1. The summed E-state index contributed by atoms with van der Waals surface area (Å²) in [6.07, 6.45) is 4.40. The van der Waals surface area contributed by atoms with Gasteiger partial charge in [0, 0.05) is 32.6 Å². The van der Waals surface area contributed by atoms with Crippen molar-refractivity contribution in [2.75, 3.05) is 40.9 Å². The Morgan fingerprint density at radius 1 is 1.37 bits per heavy atom. The van der Waals surface area contributed by atoms with E-state index in [2.05, 4.69) is 20.5 Å². The van der Waals surface area contributed by atoms with Crippen LogP contribution in [0.25, 0.3) is 0 Å². The van der Waals surface area contributed by atoms with Crippen molar-refractivity contribution in [1.29, 1.82) is 0 Å². The number of pyridine rings is 1. The average molecular weight is 395 g/mol. The molecule has 0 aliphatic carbocycles. The zero-order valence-corrected chi connectivity index (χ0v) is 16.6. The van der Waals surface area contributed by atoms with Crippen LogP contribution in [0.5, 0.6) is 0 Å². The Balaban J connectivity index is 1.97. The van der Waals surface area contributed by atoms with Crippen LogP contribution in [0.1, 0.15) is 18.7 Å². The summed E-state index contributed by atoms with van der Waals surface area (Å²) in [6.45, 7) is 1.69. The maximum absolute atomic E-state index is 13.1. The molecule has 1 aliphatic rings. The third-order valence-electron chi connectivity index (χ3n) is 5.02. The first-order valence-electron chi connectivity index (χ1n) is 8.75. The minimum atomic E-state index is -3.65. The number of hydrogen-bond donors (Lipinski definition) is 0. The zero-order valence-electron chi connectivity index (χ0n) is 15.8. The highest BCUT2D eigenvalue weighted by Gasteiger charge is 2.46. The zero-order chi connectivity index (χ0) is 19.5. The largest absolute Gasteiger partial charge is 0.383 e. The molecule has 0 saturated carbocycles. The van der Waals surface area contributed by atoms with Crippen LogP contribution in [0.3, 0.4) is 0 Å². The van der Waals surface area contributed by atoms with E-state index in [0.29, 0.717) is 31.9 Å². The summed E-state index contributed by atoms with van der Waals surface area (Å²) in [4.78, 5) is 6.15. The second kappa shape index (κ2) is 7.97. The van der Waals surface area contributed by atoms with Gasteiger partial charge in [0.05, 0.1) is 18.7 Å². The topological polar surface area (TPSA) is 106 Å². The van der Waals surface area contributed by atoms with Crippen molar-refractivity contribution in [2.45, 2.75) is 29.8 Å². The van der Waals surface area contributed by atoms with Crippen molar-refractivity contribution in [3.8, 4) is 0 Å². The van der Waals surface area contributed by atoms with Gasteiger partial charge in [-0.2, -0.15) is 4.31 Å². The minimum absolute atomic E-state index is 0.193. The number of nitrogens with zero attached hydrogens (tertiary/aromatic N) is 7. The van der Waals surface area contributed by atoms with Crippen LogP contribution in [0.15, 0.2) is 29.4 Å². The first-order valence-corrected chi connectivity index (χ1v) is 10.2. The van der Waals surface area contributed by atoms with Gasteiger partial charge in [0.1, 0.15) is 4.90 Å². The first-order chi connectivity index (χ1) is 12.9. The quantitative estimate of drug-likeness (QED) is 0.643. The molecule has 0 radical (unpaired) electrons. The summed E-state index contributed by atoms with van der Waals surface area (Å²) in [6, 6.07) is 3.19. The fourth-order valence-corrected chi connectivity index (χ4v) is 4.96. The number of rotatable bonds is 7. The Kier molecular flexibility index (Phi) is 5.84. The smallest absolute Gasteiger partial charge is 0.244 e. The number of ether oxygens (including phenoxy) is 1. The number of piperidine rings is 1. The molecule has 148 valence electrons. The van der Waals surface area contributed by atoms with Crippen LogP contribution in [0.2, 0.25) is 0 Å². The van der Waals surface area contributed by atoms with E-state index in [1.165, 1.54) is 10.5 Å². The van der Waals surface area contributed by atoms with E-state index in [-0.39, 0.29) is 11.4 Å². The van der Waals surface area contributed by atoms with E-state index >= 15 is 0 Å². The maximum atomic E-state index is 13.1. The van der Waals surface area contributed by atoms with Gasteiger partial charge >= 0.3 is 0 Å². The molecule has 3 heterocycles. The molecular formula is C16H25N7O3S. The number of aromatic nitrogens is 5. The van der Waals surface area contributed by atoms with Gasteiger partial charge < -0.3 is 4.74 Å². The molecule has 0 amide bonds. The normalized spacial score (nSPS) is 21.6. The van der Waals surface area contributed by atoms with E-state index in [9.17, 15) is 8.42 Å². The Morgan fingerprint density at radius 2 is 2.19 bits per heavy atom. The molecule has 0 aromatic carbocycles. The van der Waals surface area contributed by atoms with Crippen LogP contribution in [-0.2, 0) is 26.8 Å². The van der Waals surface area contributed by atoms with Gasteiger partial charge in [-0.05, 0) is 49.5 Å². The van der Waals surface area contributed by atoms with Gasteiger partial charge in [0.15, 0.2) is 5.82 Å². The molecule has 1 unspecified atom stereocenters. The summed E-state index contributed by atoms with van der Waals surface area (Å²) in [5.74, 6) is 0.649. The minimum Gasteiger partial charge on any atom is -0.383 e. The van der Waals surface area contributed by atoms with Gasteiger partial charge in [-0.1, -0.05) is 0 Å². The van der Waals surface area contributed by atoms with Crippen LogP contribution < -0.4 is 0 Å². The molecule has 2 aromatic rings. The van der Waals surface area contributed by atoms with E-state index in [1.54, 1.807) is 30.1 Å². The molecule has 1 fully saturated rings. The van der Waals surface area contributed by atoms with Crippen LogP contribution in [-0.4, -0.2) is 83.7 Å². The first kappa shape index (κ1) is 19.8. The Hall–Kier alpha value is -1.95. The number of sulfonamides is 1.